The van der Waals surface area contributed by atoms with Gasteiger partial charge >= 0.3 is 0 Å². The van der Waals surface area contributed by atoms with E-state index in [2.05, 4.69) is 15.2 Å². The Hall–Kier alpha value is -1.45. The summed E-state index contributed by atoms with van der Waals surface area (Å²) in [5, 5.41) is 7.37. The first-order chi connectivity index (χ1) is 4.47. The predicted molar refractivity (Wildman–Crippen MR) is 30.8 cm³/mol. The maximum Gasteiger partial charge on any atom is 0.254 e. The summed E-state index contributed by atoms with van der Waals surface area (Å²) in [5.74, 6) is 0.637. The smallest absolute Gasteiger partial charge is 0.254 e. The lowest BCUT2D eigenvalue weighted by Crippen LogP contribution is -1.82. The molecule has 2 heterocycles. The lowest BCUT2D eigenvalue weighted by atomic mass is 10.7. The van der Waals surface area contributed by atoms with Crippen molar-refractivity contribution in [2.45, 2.75) is 0 Å². The number of hydrogen-bond donors (Lipinski definition) is 0. The molecule has 0 aliphatic heterocycles. The van der Waals surface area contributed by atoms with Crippen molar-refractivity contribution in [3.8, 4) is 0 Å². The van der Waals surface area contributed by atoms with E-state index in [1.165, 1.54) is 0 Å². The minimum absolute atomic E-state index is 0.637. The average molecular weight is 120 g/mol. The molecule has 0 fully saturated rings. The minimum atomic E-state index is 0.637. The molecule has 4 nitrogen and oxygen atoms in total. The summed E-state index contributed by atoms with van der Waals surface area (Å²) >= 11 is 0. The number of rotatable bonds is 0. The molecule has 44 valence electrons. The van der Waals surface area contributed by atoms with Crippen molar-refractivity contribution in [3.05, 3.63) is 24.8 Å². The highest BCUT2D eigenvalue weighted by Gasteiger charge is 1.88. The van der Waals surface area contributed by atoms with Gasteiger partial charge in [0.1, 0.15) is 6.33 Å². The molecular weight excluding hydrogens is 116 g/mol. The summed E-state index contributed by atoms with van der Waals surface area (Å²) in [6, 6.07) is 1.83. The number of aromatic nitrogens is 4. The van der Waals surface area contributed by atoms with Crippen molar-refractivity contribution in [3.63, 3.8) is 0 Å². The summed E-state index contributed by atoms with van der Waals surface area (Å²) in [5.41, 5.74) is 0. The van der Waals surface area contributed by atoms with Gasteiger partial charge in [-0.2, -0.15) is 0 Å². The second kappa shape index (κ2) is 1.51. The Morgan fingerprint density at radius 2 is 2.44 bits per heavy atom. The summed E-state index contributed by atoms with van der Waals surface area (Å²) < 4.78 is 1.75. The van der Waals surface area contributed by atoms with Crippen LogP contribution in [0.2, 0.25) is 0 Å². The Labute approximate surface area is 51.2 Å². The first-order valence-corrected chi connectivity index (χ1v) is 2.57. The summed E-state index contributed by atoms with van der Waals surface area (Å²) in [6.07, 6.45) is 5.15. The summed E-state index contributed by atoms with van der Waals surface area (Å²) in [6.45, 7) is 0. The molecule has 0 aromatic carbocycles. The van der Waals surface area contributed by atoms with E-state index < -0.39 is 0 Å². The van der Waals surface area contributed by atoms with Gasteiger partial charge in [-0.05, 0) is 6.07 Å². The van der Waals surface area contributed by atoms with Crippen molar-refractivity contribution in [2.24, 2.45) is 0 Å². The summed E-state index contributed by atoms with van der Waals surface area (Å²) in [4.78, 5) is 3.93. The highest BCUT2D eigenvalue weighted by Crippen LogP contribution is 1.88. The van der Waals surface area contributed by atoms with E-state index in [-0.39, 0.29) is 0 Å². The van der Waals surface area contributed by atoms with Gasteiger partial charge in [-0.1, -0.05) is 0 Å². The topological polar surface area (TPSA) is 43.1 Å². The van der Waals surface area contributed by atoms with Crippen LogP contribution in [0.25, 0.3) is 5.78 Å². The fourth-order valence-electron chi connectivity index (χ4n) is 0.675. The Morgan fingerprint density at radius 1 is 1.44 bits per heavy atom. The van der Waals surface area contributed by atoms with E-state index in [4.69, 9.17) is 0 Å². The molecule has 2 aromatic heterocycles. The molecule has 0 spiro atoms. The molecule has 0 radical (unpaired) electrons. The Morgan fingerprint density at radius 3 is 3.33 bits per heavy atom. The Bertz CT molecular complexity index is 283. The lowest BCUT2D eigenvalue weighted by molar-refractivity contribution is 1.10. The molecule has 0 N–H and O–H groups in total. The highest BCUT2D eigenvalue weighted by molar-refractivity contribution is 5.22. The molecule has 0 atom stereocenters. The fraction of sp³-hybridized carbons (Fsp3) is 0. The van der Waals surface area contributed by atoms with Crippen molar-refractivity contribution in [1.29, 1.82) is 0 Å². The van der Waals surface area contributed by atoms with E-state index in [0.717, 1.165) is 0 Å². The molecular formula is C5H4N4. The zero-order valence-corrected chi connectivity index (χ0v) is 4.60. The molecule has 0 amide bonds. The second-order valence-electron chi connectivity index (χ2n) is 1.66. The van der Waals surface area contributed by atoms with Gasteiger partial charge < -0.3 is 0 Å². The monoisotopic (exact) mass is 120 g/mol. The zero-order chi connectivity index (χ0) is 6.10. The number of nitrogens with zero attached hydrogens (tertiary/aromatic N) is 4. The highest BCUT2D eigenvalue weighted by atomic mass is 15.3. The minimum Gasteiger partial charge on any atom is -0.273 e. The van der Waals surface area contributed by atoms with E-state index in [9.17, 15) is 0 Å². The second-order valence-corrected chi connectivity index (χ2v) is 1.66. The van der Waals surface area contributed by atoms with Gasteiger partial charge in [0, 0.05) is 12.4 Å². The van der Waals surface area contributed by atoms with Crippen LogP contribution < -0.4 is 0 Å². The van der Waals surface area contributed by atoms with Gasteiger partial charge in [0.2, 0.25) is 0 Å². The van der Waals surface area contributed by atoms with Gasteiger partial charge in [0.25, 0.3) is 5.78 Å². The standard InChI is InChI=1S/C5H4N4/c1-2-6-5-8-7-4-9(5)3-1/h1-4H. The fourth-order valence-corrected chi connectivity index (χ4v) is 0.675. The molecule has 0 unspecified atom stereocenters. The summed E-state index contributed by atoms with van der Waals surface area (Å²) in [7, 11) is 0. The number of fused-ring (bicyclic) bond motifs is 1. The number of hydrogen-bond acceptors (Lipinski definition) is 3. The molecule has 0 aliphatic rings. The molecule has 4 heteroatoms. The van der Waals surface area contributed by atoms with Crippen molar-refractivity contribution in [1.82, 2.24) is 19.6 Å². The maximum absolute atomic E-state index is 3.93. The molecule has 0 bridgehead atoms. The predicted octanol–water partition coefficient (Wildman–Crippen LogP) is 0.124. The molecule has 0 aliphatic carbocycles. The van der Waals surface area contributed by atoms with Crippen LogP contribution in [0.5, 0.6) is 0 Å². The van der Waals surface area contributed by atoms with Gasteiger partial charge in [-0.3, -0.25) is 4.40 Å². The zero-order valence-electron chi connectivity index (χ0n) is 4.60. The third kappa shape index (κ3) is 0.561. The van der Waals surface area contributed by atoms with Crippen molar-refractivity contribution >= 4 is 5.78 Å². The SMILES string of the molecule is c1cnc2nncn2c1. The maximum atomic E-state index is 3.93. The first kappa shape index (κ1) is 4.43. The third-order valence-corrected chi connectivity index (χ3v) is 1.08. The van der Waals surface area contributed by atoms with Crippen LogP contribution in [-0.4, -0.2) is 19.6 Å². The molecule has 0 saturated carbocycles. The van der Waals surface area contributed by atoms with Gasteiger partial charge in [0.15, 0.2) is 0 Å². The van der Waals surface area contributed by atoms with Crippen LogP contribution in [0.1, 0.15) is 0 Å². The van der Waals surface area contributed by atoms with Crippen LogP contribution in [0.3, 0.4) is 0 Å². The van der Waals surface area contributed by atoms with Crippen LogP contribution >= 0.6 is 0 Å². The van der Waals surface area contributed by atoms with E-state index >= 15 is 0 Å². The van der Waals surface area contributed by atoms with Crippen molar-refractivity contribution in [2.75, 3.05) is 0 Å². The normalized spacial score (nSPS) is 10.2. The average Bonchev–Trinajstić information content (AvgIpc) is 2.33. The van der Waals surface area contributed by atoms with Gasteiger partial charge in [-0.25, -0.2) is 4.98 Å². The lowest BCUT2D eigenvalue weighted by Gasteiger charge is -1.83. The van der Waals surface area contributed by atoms with E-state index in [0.29, 0.717) is 5.78 Å². The van der Waals surface area contributed by atoms with Crippen molar-refractivity contribution < 1.29 is 0 Å². The van der Waals surface area contributed by atoms with Crippen LogP contribution in [0, 0.1) is 0 Å². The Balaban J connectivity index is 2.95. The van der Waals surface area contributed by atoms with Crippen LogP contribution in [-0.2, 0) is 0 Å². The third-order valence-electron chi connectivity index (χ3n) is 1.08. The van der Waals surface area contributed by atoms with Crippen LogP contribution in [0.15, 0.2) is 24.8 Å². The van der Waals surface area contributed by atoms with Gasteiger partial charge in [-0.15, -0.1) is 10.2 Å². The molecule has 2 rings (SSSR count). The van der Waals surface area contributed by atoms with E-state index in [1.807, 2.05) is 12.3 Å². The van der Waals surface area contributed by atoms with E-state index in [1.54, 1.807) is 16.9 Å². The largest absolute Gasteiger partial charge is 0.273 e. The van der Waals surface area contributed by atoms with Crippen LogP contribution in [0.4, 0.5) is 0 Å². The molecule has 9 heavy (non-hydrogen) atoms. The first-order valence-electron chi connectivity index (χ1n) is 2.57. The molecule has 2 aromatic rings. The molecule has 0 saturated heterocycles. The van der Waals surface area contributed by atoms with Gasteiger partial charge in [0.05, 0.1) is 0 Å². The quantitative estimate of drug-likeness (QED) is 0.496. The Kier molecular flexibility index (Phi) is 0.745.